The zero-order valence-corrected chi connectivity index (χ0v) is 9.55. The molecular weight excluding hydrogens is 198 g/mol. The number of aryl methyl sites for hydroxylation is 1. The van der Waals surface area contributed by atoms with Crippen LogP contribution in [0.2, 0.25) is 0 Å². The first kappa shape index (κ1) is 11.0. The van der Waals surface area contributed by atoms with Crippen molar-refractivity contribution in [2.75, 3.05) is 20.4 Å². The van der Waals surface area contributed by atoms with E-state index < -0.39 is 0 Å². The van der Waals surface area contributed by atoms with Crippen LogP contribution in [0, 0.1) is 6.92 Å². The number of aromatic nitrogens is 2. The Hall–Kier alpha value is -1.10. The summed E-state index contributed by atoms with van der Waals surface area (Å²) >= 11 is 1.43. The number of thioether (sulfide) groups is 1. The van der Waals surface area contributed by atoms with Crippen LogP contribution in [0.3, 0.4) is 0 Å². The molecule has 1 amide bonds. The fraction of sp³-hybridized carbons (Fsp3) is 0.444. The predicted octanol–water partition coefficient (Wildman–Crippen LogP) is 1.21. The lowest BCUT2D eigenvalue weighted by Gasteiger charge is -2.10. The lowest BCUT2D eigenvalue weighted by atomic mass is 10.3. The summed E-state index contributed by atoms with van der Waals surface area (Å²) in [7, 11) is 3.41. The van der Waals surface area contributed by atoms with Gasteiger partial charge in [-0.3, -0.25) is 4.79 Å². The van der Waals surface area contributed by atoms with Gasteiger partial charge in [-0.1, -0.05) is 11.8 Å². The highest BCUT2D eigenvalue weighted by atomic mass is 32.2. The quantitative estimate of drug-likeness (QED) is 0.545. The van der Waals surface area contributed by atoms with Crippen LogP contribution in [0.25, 0.3) is 0 Å². The molecule has 1 rings (SSSR count). The van der Waals surface area contributed by atoms with E-state index in [0.717, 1.165) is 5.69 Å². The minimum Gasteiger partial charge on any atom is -0.343 e. The third kappa shape index (κ3) is 2.45. The van der Waals surface area contributed by atoms with Gasteiger partial charge in [0.15, 0.2) is 5.16 Å². The van der Waals surface area contributed by atoms with Gasteiger partial charge in [0.2, 0.25) is 0 Å². The Morgan fingerprint density at radius 2 is 2.07 bits per heavy atom. The highest BCUT2D eigenvalue weighted by Crippen LogP contribution is 2.11. The second-order valence-corrected chi connectivity index (χ2v) is 3.85. The van der Waals surface area contributed by atoms with Crippen LogP contribution in [-0.4, -0.2) is 41.1 Å². The molecular formula is C9H13N3OS. The van der Waals surface area contributed by atoms with Crippen molar-refractivity contribution in [3.05, 3.63) is 17.5 Å². The Morgan fingerprint density at radius 3 is 2.57 bits per heavy atom. The standard InChI is InChI=1S/C9H13N3OS/c1-6-5-7(8(13)12(2)3)11-9(10-6)14-4/h5H,1-4H3. The van der Waals surface area contributed by atoms with Gasteiger partial charge in [-0.05, 0) is 19.2 Å². The fourth-order valence-corrected chi connectivity index (χ4v) is 1.40. The maximum Gasteiger partial charge on any atom is 0.272 e. The molecule has 0 aliphatic carbocycles. The maximum atomic E-state index is 11.6. The van der Waals surface area contributed by atoms with E-state index in [4.69, 9.17) is 0 Å². The van der Waals surface area contributed by atoms with Gasteiger partial charge in [-0.2, -0.15) is 0 Å². The molecule has 0 aliphatic rings. The Labute approximate surface area is 87.7 Å². The number of nitrogens with zero attached hydrogens (tertiary/aromatic N) is 3. The lowest BCUT2D eigenvalue weighted by molar-refractivity contribution is 0.0820. The molecule has 5 heteroatoms. The Balaban J connectivity index is 3.09. The molecule has 76 valence electrons. The molecule has 0 fully saturated rings. The first-order valence-corrected chi connectivity index (χ1v) is 5.38. The predicted molar refractivity (Wildman–Crippen MR) is 56.6 cm³/mol. The van der Waals surface area contributed by atoms with Crippen molar-refractivity contribution in [2.24, 2.45) is 0 Å². The molecule has 0 radical (unpaired) electrons. The Kier molecular flexibility index (Phi) is 3.46. The molecule has 0 saturated heterocycles. The second kappa shape index (κ2) is 4.41. The van der Waals surface area contributed by atoms with Crippen LogP contribution in [0.15, 0.2) is 11.2 Å². The van der Waals surface area contributed by atoms with E-state index >= 15 is 0 Å². The number of hydrogen-bond acceptors (Lipinski definition) is 4. The number of rotatable bonds is 2. The summed E-state index contributed by atoms with van der Waals surface area (Å²) in [4.78, 5) is 21.4. The first-order chi connectivity index (χ1) is 6.54. The first-order valence-electron chi connectivity index (χ1n) is 4.16. The topological polar surface area (TPSA) is 46.1 Å². The van der Waals surface area contributed by atoms with Gasteiger partial charge in [-0.15, -0.1) is 0 Å². The number of carbonyl (C=O) groups excluding carboxylic acids is 1. The number of carbonyl (C=O) groups is 1. The third-order valence-corrected chi connectivity index (χ3v) is 2.19. The van der Waals surface area contributed by atoms with E-state index in [0.29, 0.717) is 10.9 Å². The molecule has 0 saturated carbocycles. The third-order valence-electron chi connectivity index (χ3n) is 1.64. The summed E-state index contributed by atoms with van der Waals surface area (Å²) in [6.45, 7) is 1.86. The highest BCUT2D eigenvalue weighted by Gasteiger charge is 2.11. The molecule has 0 aliphatic heterocycles. The van der Waals surface area contributed by atoms with Gasteiger partial charge in [0, 0.05) is 19.8 Å². The van der Waals surface area contributed by atoms with E-state index in [9.17, 15) is 4.79 Å². The van der Waals surface area contributed by atoms with Crippen molar-refractivity contribution in [2.45, 2.75) is 12.1 Å². The molecule has 0 spiro atoms. The summed E-state index contributed by atoms with van der Waals surface area (Å²) in [6.07, 6.45) is 1.89. The average Bonchev–Trinajstić information content (AvgIpc) is 2.15. The summed E-state index contributed by atoms with van der Waals surface area (Å²) in [5.74, 6) is -0.0919. The minimum atomic E-state index is -0.0919. The van der Waals surface area contributed by atoms with Crippen molar-refractivity contribution >= 4 is 17.7 Å². The van der Waals surface area contributed by atoms with E-state index in [-0.39, 0.29) is 5.91 Å². The zero-order valence-electron chi connectivity index (χ0n) is 8.74. The van der Waals surface area contributed by atoms with Crippen molar-refractivity contribution < 1.29 is 4.79 Å². The van der Waals surface area contributed by atoms with Gasteiger partial charge < -0.3 is 4.90 Å². The zero-order chi connectivity index (χ0) is 10.7. The van der Waals surface area contributed by atoms with Crippen LogP contribution in [0.5, 0.6) is 0 Å². The highest BCUT2D eigenvalue weighted by molar-refractivity contribution is 7.98. The molecule has 1 heterocycles. The summed E-state index contributed by atoms with van der Waals surface area (Å²) < 4.78 is 0. The molecule has 0 unspecified atom stereocenters. The van der Waals surface area contributed by atoms with Crippen molar-refractivity contribution in [3.63, 3.8) is 0 Å². The van der Waals surface area contributed by atoms with Crippen molar-refractivity contribution in [1.29, 1.82) is 0 Å². The number of hydrogen-bond donors (Lipinski definition) is 0. The Morgan fingerprint density at radius 1 is 1.43 bits per heavy atom. The summed E-state index contributed by atoms with van der Waals surface area (Å²) in [5.41, 5.74) is 1.27. The molecule has 1 aromatic rings. The van der Waals surface area contributed by atoms with Gasteiger partial charge in [0.1, 0.15) is 5.69 Å². The Bertz CT molecular complexity index is 352. The van der Waals surface area contributed by atoms with Gasteiger partial charge in [-0.25, -0.2) is 9.97 Å². The monoisotopic (exact) mass is 211 g/mol. The summed E-state index contributed by atoms with van der Waals surface area (Å²) in [6, 6.07) is 1.70. The van der Waals surface area contributed by atoms with Crippen LogP contribution < -0.4 is 0 Å². The molecule has 1 aromatic heterocycles. The van der Waals surface area contributed by atoms with E-state index in [2.05, 4.69) is 9.97 Å². The van der Waals surface area contributed by atoms with Gasteiger partial charge in [0.05, 0.1) is 0 Å². The van der Waals surface area contributed by atoms with Gasteiger partial charge in [0.25, 0.3) is 5.91 Å². The molecule has 0 atom stereocenters. The normalized spacial score (nSPS) is 10.0. The van der Waals surface area contributed by atoms with Crippen LogP contribution in [0.1, 0.15) is 16.2 Å². The van der Waals surface area contributed by atoms with Crippen LogP contribution in [-0.2, 0) is 0 Å². The minimum absolute atomic E-state index is 0.0919. The maximum absolute atomic E-state index is 11.6. The van der Waals surface area contributed by atoms with E-state index in [1.165, 1.54) is 16.7 Å². The molecule has 4 nitrogen and oxygen atoms in total. The van der Waals surface area contributed by atoms with E-state index in [1.54, 1.807) is 20.2 Å². The second-order valence-electron chi connectivity index (χ2n) is 3.08. The molecule has 0 aromatic carbocycles. The van der Waals surface area contributed by atoms with E-state index in [1.807, 2.05) is 13.2 Å². The fourth-order valence-electron chi connectivity index (χ4n) is 0.971. The van der Waals surface area contributed by atoms with Gasteiger partial charge >= 0.3 is 0 Å². The number of amides is 1. The van der Waals surface area contributed by atoms with Crippen LogP contribution in [0.4, 0.5) is 0 Å². The summed E-state index contributed by atoms with van der Waals surface area (Å²) in [5, 5.41) is 0.634. The smallest absolute Gasteiger partial charge is 0.272 e. The van der Waals surface area contributed by atoms with Crippen LogP contribution >= 0.6 is 11.8 Å². The largest absolute Gasteiger partial charge is 0.343 e. The van der Waals surface area contributed by atoms with Crippen molar-refractivity contribution in [1.82, 2.24) is 14.9 Å². The molecule has 14 heavy (non-hydrogen) atoms. The average molecular weight is 211 g/mol. The molecule has 0 N–H and O–H groups in total. The lowest BCUT2D eigenvalue weighted by Crippen LogP contribution is -2.23. The SMILES string of the molecule is CSc1nc(C)cc(C(=O)N(C)C)n1. The molecule has 0 bridgehead atoms. The van der Waals surface area contributed by atoms with Crippen molar-refractivity contribution in [3.8, 4) is 0 Å².